The summed E-state index contributed by atoms with van der Waals surface area (Å²) in [4.78, 5) is 18.2. The van der Waals surface area contributed by atoms with Crippen molar-refractivity contribution in [1.29, 1.82) is 0 Å². The lowest BCUT2D eigenvalue weighted by Gasteiger charge is -2.35. The monoisotopic (exact) mass is 243 g/mol. The highest BCUT2D eigenvalue weighted by atomic mass is 16.3. The van der Waals surface area contributed by atoms with Crippen molar-refractivity contribution in [1.82, 2.24) is 14.7 Å². The average Bonchev–Trinajstić information content (AvgIpc) is 2.30. The molecule has 1 amide bonds. The van der Waals surface area contributed by atoms with Crippen LogP contribution in [0.5, 0.6) is 0 Å². The first kappa shape index (κ1) is 14.4. The second-order valence-corrected chi connectivity index (χ2v) is 4.95. The van der Waals surface area contributed by atoms with Gasteiger partial charge < -0.3 is 10.0 Å². The van der Waals surface area contributed by atoms with Gasteiger partial charge in [0, 0.05) is 38.8 Å². The van der Waals surface area contributed by atoms with Crippen molar-refractivity contribution < 1.29 is 9.90 Å². The lowest BCUT2D eigenvalue weighted by atomic mass is 10.3. The summed E-state index contributed by atoms with van der Waals surface area (Å²) in [6.07, 6.45) is 0. The molecule has 0 aromatic heterocycles. The first-order valence-electron chi connectivity index (χ1n) is 6.35. The van der Waals surface area contributed by atoms with Gasteiger partial charge in [0.15, 0.2) is 0 Å². The zero-order valence-electron chi connectivity index (χ0n) is 11.2. The predicted molar refractivity (Wildman–Crippen MR) is 67.9 cm³/mol. The molecule has 0 bridgehead atoms. The van der Waals surface area contributed by atoms with Crippen LogP contribution in [0.1, 0.15) is 13.8 Å². The highest BCUT2D eigenvalue weighted by Gasteiger charge is 2.21. The van der Waals surface area contributed by atoms with Crippen LogP contribution in [0.2, 0.25) is 0 Å². The van der Waals surface area contributed by atoms with Crippen LogP contribution >= 0.6 is 0 Å². The Bertz CT molecular complexity index is 238. The van der Waals surface area contributed by atoms with Crippen molar-refractivity contribution in [2.45, 2.75) is 19.9 Å². The molecule has 1 rings (SSSR count). The molecule has 17 heavy (non-hydrogen) atoms. The van der Waals surface area contributed by atoms with Gasteiger partial charge in [-0.15, -0.1) is 0 Å². The molecule has 0 aliphatic carbocycles. The summed E-state index contributed by atoms with van der Waals surface area (Å²) in [5.74, 6) is 0.213. The smallest absolute Gasteiger partial charge is 0.236 e. The summed E-state index contributed by atoms with van der Waals surface area (Å²) in [6, 6.07) is 0.398. The van der Waals surface area contributed by atoms with E-state index in [2.05, 4.69) is 23.6 Å². The number of piperazine rings is 1. The van der Waals surface area contributed by atoms with E-state index in [1.54, 1.807) is 0 Å². The van der Waals surface area contributed by atoms with E-state index in [0.717, 1.165) is 26.2 Å². The Labute approximate surface area is 104 Å². The molecule has 0 aromatic rings. The van der Waals surface area contributed by atoms with Gasteiger partial charge in [0.2, 0.25) is 5.91 Å². The number of nitrogens with zero attached hydrogens (tertiary/aromatic N) is 3. The highest BCUT2D eigenvalue weighted by molar-refractivity contribution is 5.78. The van der Waals surface area contributed by atoms with Gasteiger partial charge in [0.1, 0.15) is 0 Å². The normalized spacial score (nSPS) is 18.1. The van der Waals surface area contributed by atoms with Crippen molar-refractivity contribution in [3.05, 3.63) is 0 Å². The molecule has 1 aliphatic heterocycles. The molecular weight excluding hydrogens is 218 g/mol. The fraction of sp³-hybridized carbons (Fsp3) is 0.917. The minimum Gasteiger partial charge on any atom is -0.395 e. The van der Waals surface area contributed by atoms with Crippen molar-refractivity contribution >= 4 is 5.91 Å². The van der Waals surface area contributed by atoms with Crippen molar-refractivity contribution in [3.63, 3.8) is 0 Å². The van der Waals surface area contributed by atoms with Crippen molar-refractivity contribution in [2.24, 2.45) is 0 Å². The van der Waals surface area contributed by atoms with E-state index in [9.17, 15) is 4.79 Å². The predicted octanol–water partition coefficient (Wildman–Crippen LogP) is -0.537. The fourth-order valence-electron chi connectivity index (χ4n) is 1.86. The Hall–Kier alpha value is -0.650. The van der Waals surface area contributed by atoms with Gasteiger partial charge in [-0.2, -0.15) is 0 Å². The zero-order valence-corrected chi connectivity index (χ0v) is 11.2. The van der Waals surface area contributed by atoms with E-state index in [-0.39, 0.29) is 12.5 Å². The number of carbonyl (C=O) groups excluding carboxylic acids is 1. The molecular formula is C12H25N3O2. The van der Waals surface area contributed by atoms with Gasteiger partial charge in [-0.3, -0.25) is 14.6 Å². The van der Waals surface area contributed by atoms with Crippen LogP contribution < -0.4 is 0 Å². The average molecular weight is 243 g/mol. The number of amides is 1. The highest BCUT2D eigenvalue weighted by Crippen LogP contribution is 2.03. The van der Waals surface area contributed by atoms with Crippen LogP contribution in [0.4, 0.5) is 0 Å². The maximum absolute atomic E-state index is 12.0. The third-order valence-electron chi connectivity index (χ3n) is 3.41. The van der Waals surface area contributed by atoms with Crippen LogP contribution in [0.15, 0.2) is 0 Å². The van der Waals surface area contributed by atoms with Crippen LogP contribution in [0.25, 0.3) is 0 Å². The van der Waals surface area contributed by atoms with E-state index >= 15 is 0 Å². The quantitative estimate of drug-likeness (QED) is 0.705. The molecule has 1 heterocycles. The van der Waals surface area contributed by atoms with Gasteiger partial charge in [-0.25, -0.2) is 0 Å². The molecule has 0 spiro atoms. The fourth-order valence-corrected chi connectivity index (χ4v) is 1.86. The standard InChI is InChI=1S/C12H25N3O2/c1-11(2)13(3)10-12(17)15-6-4-14(5-7-15)8-9-16/h11,16H,4-10H2,1-3H3. The van der Waals surface area contributed by atoms with Gasteiger partial charge >= 0.3 is 0 Å². The first-order chi connectivity index (χ1) is 8.04. The van der Waals surface area contributed by atoms with E-state index in [1.807, 2.05) is 11.9 Å². The van der Waals surface area contributed by atoms with Crippen LogP contribution in [-0.2, 0) is 4.79 Å². The number of hydrogen-bond donors (Lipinski definition) is 1. The van der Waals surface area contributed by atoms with Gasteiger partial charge in [-0.05, 0) is 20.9 Å². The van der Waals surface area contributed by atoms with Gasteiger partial charge in [0.25, 0.3) is 0 Å². The summed E-state index contributed by atoms with van der Waals surface area (Å²) in [5.41, 5.74) is 0. The molecule has 0 saturated carbocycles. The Kier molecular flexibility index (Phi) is 5.88. The maximum atomic E-state index is 12.0. The Balaban J connectivity index is 2.31. The summed E-state index contributed by atoms with van der Waals surface area (Å²) >= 11 is 0. The van der Waals surface area contributed by atoms with Crippen molar-refractivity contribution in [2.75, 3.05) is 52.9 Å². The summed E-state index contributed by atoms with van der Waals surface area (Å²) in [6.45, 7) is 8.90. The molecule has 1 saturated heterocycles. The lowest BCUT2D eigenvalue weighted by Crippen LogP contribution is -2.51. The van der Waals surface area contributed by atoms with Crippen LogP contribution in [0.3, 0.4) is 0 Å². The Morgan fingerprint density at radius 1 is 1.29 bits per heavy atom. The Morgan fingerprint density at radius 2 is 1.88 bits per heavy atom. The molecule has 0 atom stereocenters. The van der Waals surface area contributed by atoms with E-state index in [4.69, 9.17) is 5.11 Å². The molecule has 1 fully saturated rings. The van der Waals surface area contributed by atoms with Crippen LogP contribution in [-0.4, -0.2) is 84.7 Å². The lowest BCUT2D eigenvalue weighted by molar-refractivity contribution is -0.134. The third-order valence-corrected chi connectivity index (χ3v) is 3.41. The molecule has 0 unspecified atom stereocenters. The number of aliphatic hydroxyl groups excluding tert-OH is 1. The zero-order chi connectivity index (χ0) is 12.8. The molecule has 5 heteroatoms. The minimum atomic E-state index is 0.198. The summed E-state index contributed by atoms with van der Waals surface area (Å²) in [7, 11) is 1.98. The molecule has 0 radical (unpaired) electrons. The van der Waals surface area contributed by atoms with Crippen molar-refractivity contribution in [3.8, 4) is 0 Å². The maximum Gasteiger partial charge on any atom is 0.236 e. The molecule has 0 aromatic carbocycles. The largest absolute Gasteiger partial charge is 0.395 e. The van der Waals surface area contributed by atoms with Gasteiger partial charge in [-0.1, -0.05) is 0 Å². The molecule has 1 N–H and O–H groups in total. The number of rotatable bonds is 5. The number of aliphatic hydroxyl groups is 1. The summed E-state index contributed by atoms with van der Waals surface area (Å²) in [5, 5.41) is 8.84. The number of carbonyl (C=O) groups is 1. The molecule has 1 aliphatic rings. The first-order valence-corrected chi connectivity index (χ1v) is 6.35. The number of hydrogen-bond acceptors (Lipinski definition) is 4. The topological polar surface area (TPSA) is 47.0 Å². The summed E-state index contributed by atoms with van der Waals surface area (Å²) < 4.78 is 0. The van der Waals surface area contributed by atoms with E-state index in [1.165, 1.54) is 0 Å². The second-order valence-electron chi connectivity index (χ2n) is 4.95. The van der Waals surface area contributed by atoms with Gasteiger partial charge in [0.05, 0.1) is 13.2 Å². The van der Waals surface area contributed by atoms with E-state index < -0.39 is 0 Å². The molecule has 100 valence electrons. The Morgan fingerprint density at radius 3 is 2.35 bits per heavy atom. The van der Waals surface area contributed by atoms with E-state index in [0.29, 0.717) is 19.1 Å². The van der Waals surface area contributed by atoms with Crippen LogP contribution in [0, 0.1) is 0 Å². The minimum absolute atomic E-state index is 0.198. The molecule has 5 nitrogen and oxygen atoms in total. The SMILES string of the molecule is CC(C)N(C)CC(=O)N1CCN(CCO)CC1. The number of β-amino-alcohol motifs (C(OH)–C–C–N with tert-alkyl or cyclic N) is 1. The third kappa shape index (κ3) is 4.61. The second kappa shape index (κ2) is 6.93. The number of likely N-dealkylation sites (N-methyl/N-ethyl adjacent to an activating group) is 1.